The van der Waals surface area contributed by atoms with E-state index in [1.54, 1.807) is 54.5 Å². The van der Waals surface area contributed by atoms with Gasteiger partial charge in [0.15, 0.2) is 11.5 Å². The summed E-state index contributed by atoms with van der Waals surface area (Å²) in [5.74, 6) is 1.07. The Kier molecular flexibility index (Phi) is 7.05. The highest BCUT2D eigenvalue weighted by molar-refractivity contribution is 6.33. The van der Waals surface area contributed by atoms with Crippen LogP contribution in [0.4, 0.5) is 10.5 Å². The molecule has 0 spiro atoms. The van der Waals surface area contributed by atoms with Crippen molar-refractivity contribution in [3.8, 4) is 11.5 Å². The largest absolute Gasteiger partial charge is 0.493 e. The lowest BCUT2D eigenvalue weighted by Gasteiger charge is -2.26. The third-order valence-electron chi connectivity index (χ3n) is 5.64. The first-order valence-corrected chi connectivity index (χ1v) is 11.1. The zero-order valence-electron chi connectivity index (χ0n) is 18.5. The zero-order chi connectivity index (χ0) is 23.4. The second kappa shape index (κ2) is 10.1. The van der Waals surface area contributed by atoms with Crippen molar-refractivity contribution < 1.29 is 19.0 Å². The molecule has 8 nitrogen and oxygen atoms in total. The molecule has 0 aliphatic carbocycles. The Morgan fingerprint density at radius 1 is 1.21 bits per heavy atom. The van der Waals surface area contributed by atoms with Crippen LogP contribution in [0.5, 0.6) is 11.5 Å². The van der Waals surface area contributed by atoms with Gasteiger partial charge >= 0.3 is 6.03 Å². The number of anilines is 1. The van der Waals surface area contributed by atoms with E-state index in [4.69, 9.17) is 25.8 Å². The molecule has 0 saturated carbocycles. The Labute approximate surface area is 196 Å². The minimum absolute atomic E-state index is 0.0779. The first-order chi connectivity index (χ1) is 16.0. The average Bonchev–Trinajstić information content (AvgIpc) is 3.33. The highest BCUT2D eigenvalue weighted by Crippen LogP contribution is 2.31. The summed E-state index contributed by atoms with van der Waals surface area (Å²) in [5.41, 5.74) is 1.29. The number of halogens is 1. The van der Waals surface area contributed by atoms with E-state index in [0.29, 0.717) is 46.4 Å². The van der Waals surface area contributed by atoms with Gasteiger partial charge in [0.1, 0.15) is 0 Å². The second-order valence-corrected chi connectivity index (χ2v) is 8.25. The Balaban J connectivity index is 1.64. The maximum Gasteiger partial charge on any atom is 0.322 e. The van der Waals surface area contributed by atoms with Crippen molar-refractivity contribution in [2.24, 2.45) is 0 Å². The Morgan fingerprint density at radius 2 is 1.97 bits per heavy atom. The zero-order valence-corrected chi connectivity index (χ0v) is 19.3. The van der Waals surface area contributed by atoms with Gasteiger partial charge in [0.2, 0.25) is 0 Å². The van der Waals surface area contributed by atoms with Crippen molar-refractivity contribution in [1.29, 1.82) is 0 Å². The van der Waals surface area contributed by atoms with Gasteiger partial charge < -0.3 is 29.4 Å². The summed E-state index contributed by atoms with van der Waals surface area (Å²) in [6.45, 7) is 1.14. The third-order valence-corrected chi connectivity index (χ3v) is 5.97. The molecule has 0 radical (unpaired) electrons. The minimum atomic E-state index is -0.356. The number of amides is 2. The van der Waals surface area contributed by atoms with Crippen LogP contribution in [0.1, 0.15) is 18.4 Å². The first kappa shape index (κ1) is 22.9. The topological polar surface area (TPSA) is 92.9 Å². The van der Waals surface area contributed by atoms with Gasteiger partial charge in [0.25, 0.3) is 5.56 Å². The molecule has 33 heavy (non-hydrogen) atoms. The van der Waals surface area contributed by atoms with Gasteiger partial charge in [-0.25, -0.2) is 4.79 Å². The molecule has 4 rings (SSSR count). The van der Waals surface area contributed by atoms with Gasteiger partial charge in [-0.05, 0) is 37.1 Å². The number of pyridine rings is 1. The highest BCUT2D eigenvalue weighted by Gasteiger charge is 2.24. The molecular weight excluding hydrogens is 446 g/mol. The summed E-state index contributed by atoms with van der Waals surface area (Å²) in [6.07, 6.45) is 1.73. The molecule has 3 aromatic rings. The fourth-order valence-electron chi connectivity index (χ4n) is 3.91. The van der Waals surface area contributed by atoms with E-state index in [1.807, 2.05) is 0 Å². The lowest BCUT2D eigenvalue weighted by molar-refractivity contribution is 0.0818. The minimum Gasteiger partial charge on any atom is -0.493 e. The number of para-hydroxylation sites is 1. The van der Waals surface area contributed by atoms with E-state index in [1.165, 1.54) is 7.11 Å². The number of hydrogen-bond donors (Lipinski definition) is 2. The first-order valence-electron chi connectivity index (χ1n) is 10.7. The number of benzene rings is 2. The van der Waals surface area contributed by atoms with Crippen LogP contribution in [0.3, 0.4) is 0 Å². The van der Waals surface area contributed by atoms with Crippen LogP contribution >= 0.6 is 11.6 Å². The van der Waals surface area contributed by atoms with E-state index < -0.39 is 0 Å². The molecule has 0 bridgehead atoms. The fraction of sp³-hybridized carbons (Fsp3) is 0.333. The van der Waals surface area contributed by atoms with Crippen molar-refractivity contribution >= 4 is 34.2 Å². The lowest BCUT2D eigenvalue weighted by Crippen LogP contribution is -2.40. The van der Waals surface area contributed by atoms with Gasteiger partial charge in [-0.15, -0.1) is 0 Å². The number of aromatic amines is 1. The molecule has 1 aliphatic heterocycles. The molecule has 1 saturated heterocycles. The molecule has 9 heteroatoms. The van der Waals surface area contributed by atoms with Crippen molar-refractivity contribution in [2.45, 2.75) is 25.5 Å². The monoisotopic (exact) mass is 471 g/mol. The van der Waals surface area contributed by atoms with E-state index in [2.05, 4.69) is 10.3 Å². The number of nitrogens with zero attached hydrogens (tertiary/aromatic N) is 1. The molecule has 1 fully saturated rings. The van der Waals surface area contributed by atoms with Crippen LogP contribution in [-0.2, 0) is 11.3 Å². The lowest BCUT2D eigenvalue weighted by atomic mass is 10.1. The van der Waals surface area contributed by atoms with Crippen LogP contribution in [-0.4, -0.2) is 49.4 Å². The van der Waals surface area contributed by atoms with Crippen molar-refractivity contribution in [3.05, 3.63) is 63.4 Å². The molecule has 1 atom stereocenters. The molecule has 2 aromatic carbocycles. The summed E-state index contributed by atoms with van der Waals surface area (Å²) in [4.78, 5) is 30.5. The Hall–Kier alpha value is -3.23. The van der Waals surface area contributed by atoms with Crippen molar-refractivity contribution in [3.63, 3.8) is 0 Å². The van der Waals surface area contributed by atoms with Crippen LogP contribution in [0.25, 0.3) is 10.9 Å². The summed E-state index contributed by atoms with van der Waals surface area (Å²) in [7, 11) is 3.09. The molecule has 2 amide bonds. The van der Waals surface area contributed by atoms with Crippen LogP contribution in [0.15, 0.2) is 47.3 Å². The number of hydrogen-bond acceptors (Lipinski definition) is 5. The van der Waals surface area contributed by atoms with E-state index in [-0.39, 0.29) is 24.2 Å². The molecule has 1 aliphatic rings. The maximum atomic E-state index is 13.2. The number of methoxy groups -OCH3 is 2. The number of carbonyl (C=O) groups is 1. The van der Waals surface area contributed by atoms with Crippen molar-refractivity contribution in [2.75, 3.05) is 32.7 Å². The summed E-state index contributed by atoms with van der Waals surface area (Å²) in [6, 6.07) is 11.9. The second-order valence-electron chi connectivity index (χ2n) is 7.84. The van der Waals surface area contributed by atoms with Crippen LogP contribution < -0.4 is 20.3 Å². The van der Waals surface area contributed by atoms with Gasteiger partial charge in [-0.2, -0.15) is 0 Å². The number of H-pyrrole nitrogens is 1. The number of carbonyl (C=O) groups excluding carboxylic acids is 1. The number of fused-ring (bicyclic) bond motifs is 1. The molecular formula is C24H26ClN3O5. The standard InChI is InChI=1S/C24H26ClN3O5/c1-31-21-11-15-10-16(23(29)26-20(15)12-22(21)32-2)13-28(14-17-6-5-9-33-17)24(30)27-19-8-4-3-7-18(19)25/h3-4,7-8,10-12,17H,5-6,9,13-14H2,1-2H3,(H,26,29)(H,27,30)/t17-/m1/s1. The molecule has 1 aromatic heterocycles. The number of nitrogens with one attached hydrogen (secondary N) is 2. The normalized spacial score (nSPS) is 15.4. The number of ether oxygens (including phenoxy) is 3. The fourth-order valence-corrected chi connectivity index (χ4v) is 4.09. The van der Waals surface area contributed by atoms with Crippen molar-refractivity contribution in [1.82, 2.24) is 9.88 Å². The van der Waals surface area contributed by atoms with Crippen LogP contribution in [0, 0.1) is 0 Å². The molecule has 0 unspecified atom stereocenters. The predicted octanol–water partition coefficient (Wildman–Crippen LogP) is 4.41. The van der Waals surface area contributed by atoms with Gasteiger partial charge in [0, 0.05) is 30.2 Å². The number of aromatic nitrogens is 1. The van der Waals surface area contributed by atoms with E-state index in [9.17, 15) is 9.59 Å². The van der Waals surface area contributed by atoms with Crippen LogP contribution in [0.2, 0.25) is 5.02 Å². The molecule has 2 N–H and O–H groups in total. The smallest absolute Gasteiger partial charge is 0.322 e. The summed E-state index contributed by atoms with van der Waals surface area (Å²) >= 11 is 6.21. The quantitative estimate of drug-likeness (QED) is 0.532. The Morgan fingerprint density at radius 3 is 2.67 bits per heavy atom. The summed E-state index contributed by atoms with van der Waals surface area (Å²) in [5, 5.41) is 4.05. The molecule has 174 valence electrons. The van der Waals surface area contributed by atoms with Gasteiger partial charge in [0.05, 0.1) is 43.1 Å². The van der Waals surface area contributed by atoms with Gasteiger partial charge in [-0.3, -0.25) is 4.79 Å². The number of rotatable bonds is 7. The molecule has 2 heterocycles. The number of urea groups is 1. The van der Waals surface area contributed by atoms with E-state index >= 15 is 0 Å². The maximum absolute atomic E-state index is 13.2. The highest BCUT2D eigenvalue weighted by atomic mass is 35.5. The average molecular weight is 472 g/mol. The SMILES string of the molecule is COc1cc2cc(CN(C[C@H]3CCCO3)C(=O)Nc3ccccc3Cl)c(=O)[nH]c2cc1OC. The summed E-state index contributed by atoms with van der Waals surface area (Å²) < 4.78 is 16.4. The Bertz CT molecular complexity index is 1210. The predicted molar refractivity (Wildman–Crippen MR) is 128 cm³/mol. The third kappa shape index (κ3) is 5.23. The van der Waals surface area contributed by atoms with Gasteiger partial charge in [-0.1, -0.05) is 23.7 Å². The van der Waals surface area contributed by atoms with E-state index in [0.717, 1.165) is 18.2 Å².